The van der Waals surface area contributed by atoms with Gasteiger partial charge in [-0.1, -0.05) is 12.1 Å². The highest BCUT2D eigenvalue weighted by Crippen LogP contribution is 2.13. The summed E-state index contributed by atoms with van der Waals surface area (Å²) < 4.78 is 15.0. The van der Waals surface area contributed by atoms with Crippen molar-refractivity contribution < 1.29 is 9.18 Å². The van der Waals surface area contributed by atoms with Gasteiger partial charge in [-0.3, -0.25) is 9.48 Å². The molecule has 4 heteroatoms. The van der Waals surface area contributed by atoms with Crippen molar-refractivity contribution in [3.63, 3.8) is 0 Å². The summed E-state index contributed by atoms with van der Waals surface area (Å²) in [7, 11) is 0. The molecule has 0 N–H and O–H groups in total. The van der Waals surface area contributed by atoms with Gasteiger partial charge in [0.15, 0.2) is 5.78 Å². The Labute approximate surface area is 98.9 Å². The van der Waals surface area contributed by atoms with Gasteiger partial charge in [0.05, 0.1) is 11.8 Å². The van der Waals surface area contributed by atoms with Crippen molar-refractivity contribution in [2.75, 3.05) is 0 Å². The minimum atomic E-state index is -0.362. The lowest BCUT2D eigenvalue weighted by Gasteiger charge is -2.00. The molecule has 88 valence electrons. The van der Waals surface area contributed by atoms with Crippen molar-refractivity contribution in [1.82, 2.24) is 9.78 Å². The molecule has 0 aliphatic carbocycles. The van der Waals surface area contributed by atoms with E-state index in [1.54, 1.807) is 29.9 Å². The fraction of sp³-hybridized carbons (Fsp3) is 0.231. The molecule has 17 heavy (non-hydrogen) atoms. The van der Waals surface area contributed by atoms with E-state index in [1.807, 2.05) is 6.92 Å². The molecular formula is C13H13FN2O. The van der Waals surface area contributed by atoms with Crippen molar-refractivity contribution in [2.24, 2.45) is 0 Å². The summed E-state index contributed by atoms with van der Waals surface area (Å²) in [5, 5.41) is 4.02. The Balaban J connectivity index is 2.33. The summed E-state index contributed by atoms with van der Waals surface area (Å²) in [6.45, 7) is 4.31. The minimum absolute atomic E-state index is 0.205. The Kier molecular flexibility index (Phi) is 3.04. The number of halogens is 1. The highest BCUT2D eigenvalue weighted by Gasteiger charge is 2.12. The molecule has 0 aliphatic heterocycles. The molecule has 0 fully saturated rings. The monoisotopic (exact) mass is 232 g/mol. The first kappa shape index (κ1) is 11.5. The van der Waals surface area contributed by atoms with Gasteiger partial charge in [-0.2, -0.15) is 5.10 Å². The Hall–Kier alpha value is -1.97. The Morgan fingerprint density at radius 1 is 1.41 bits per heavy atom. The van der Waals surface area contributed by atoms with Gasteiger partial charge in [-0.05, 0) is 25.5 Å². The zero-order valence-corrected chi connectivity index (χ0v) is 9.77. The van der Waals surface area contributed by atoms with Gasteiger partial charge in [0.25, 0.3) is 0 Å². The highest BCUT2D eigenvalue weighted by molar-refractivity contribution is 6.08. The number of ketones is 1. The van der Waals surface area contributed by atoms with Crippen LogP contribution in [0.3, 0.4) is 0 Å². The first-order chi connectivity index (χ1) is 8.11. The number of hydrogen-bond donors (Lipinski definition) is 0. The standard InChI is InChI=1S/C13H13FN2O/c1-3-16-8-11(7-15-16)13(17)10-5-4-9(2)12(14)6-10/h4-8H,3H2,1-2H3. The van der Waals surface area contributed by atoms with Gasteiger partial charge in [-0.15, -0.1) is 0 Å². The molecule has 1 aromatic carbocycles. The van der Waals surface area contributed by atoms with Gasteiger partial charge >= 0.3 is 0 Å². The molecule has 0 atom stereocenters. The molecule has 0 spiro atoms. The normalized spacial score (nSPS) is 10.5. The zero-order valence-electron chi connectivity index (χ0n) is 9.77. The number of carbonyl (C=O) groups excluding carboxylic acids is 1. The molecule has 0 saturated heterocycles. The van der Waals surface area contributed by atoms with Crippen molar-refractivity contribution in [3.8, 4) is 0 Å². The maximum Gasteiger partial charge on any atom is 0.196 e. The van der Waals surface area contributed by atoms with Crippen molar-refractivity contribution in [2.45, 2.75) is 20.4 Å². The highest BCUT2D eigenvalue weighted by atomic mass is 19.1. The number of aromatic nitrogens is 2. The van der Waals surface area contributed by atoms with Gasteiger partial charge < -0.3 is 0 Å². The molecule has 0 saturated carbocycles. The van der Waals surface area contributed by atoms with Crippen LogP contribution in [-0.4, -0.2) is 15.6 Å². The average Bonchev–Trinajstić information content (AvgIpc) is 2.80. The number of rotatable bonds is 3. The number of aryl methyl sites for hydroxylation is 2. The van der Waals surface area contributed by atoms with Crippen LogP contribution in [0.1, 0.15) is 28.4 Å². The third-order valence-electron chi connectivity index (χ3n) is 2.65. The van der Waals surface area contributed by atoms with Crippen molar-refractivity contribution in [1.29, 1.82) is 0 Å². The van der Waals surface area contributed by atoms with Crippen LogP contribution in [0.15, 0.2) is 30.6 Å². The van der Waals surface area contributed by atoms with Crippen LogP contribution >= 0.6 is 0 Å². The Morgan fingerprint density at radius 2 is 2.18 bits per heavy atom. The van der Waals surface area contributed by atoms with Gasteiger partial charge in [0.2, 0.25) is 0 Å². The quantitative estimate of drug-likeness (QED) is 0.762. The molecule has 2 rings (SSSR count). The van der Waals surface area contributed by atoms with E-state index in [-0.39, 0.29) is 11.6 Å². The molecule has 3 nitrogen and oxygen atoms in total. The summed E-state index contributed by atoms with van der Waals surface area (Å²) >= 11 is 0. The van der Waals surface area contributed by atoms with Crippen LogP contribution in [0.2, 0.25) is 0 Å². The van der Waals surface area contributed by atoms with Gasteiger partial charge in [0.1, 0.15) is 5.82 Å². The molecule has 0 radical (unpaired) electrons. The number of nitrogens with zero attached hydrogens (tertiary/aromatic N) is 2. The number of hydrogen-bond acceptors (Lipinski definition) is 2. The molecular weight excluding hydrogens is 219 g/mol. The molecule has 0 unspecified atom stereocenters. The minimum Gasteiger partial charge on any atom is -0.288 e. The SMILES string of the molecule is CCn1cc(C(=O)c2ccc(C)c(F)c2)cn1. The van der Waals surface area contributed by atoms with E-state index < -0.39 is 0 Å². The lowest BCUT2D eigenvalue weighted by molar-refractivity contribution is 0.103. The predicted octanol–water partition coefficient (Wildman–Crippen LogP) is 2.58. The maximum absolute atomic E-state index is 13.4. The topological polar surface area (TPSA) is 34.9 Å². The fourth-order valence-electron chi connectivity index (χ4n) is 1.55. The third kappa shape index (κ3) is 2.25. The summed E-state index contributed by atoms with van der Waals surface area (Å²) in [6.07, 6.45) is 3.17. The fourth-order valence-corrected chi connectivity index (χ4v) is 1.55. The second-order valence-electron chi connectivity index (χ2n) is 3.88. The van der Waals surface area contributed by atoms with Crippen LogP contribution in [0.5, 0.6) is 0 Å². The van der Waals surface area contributed by atoms with Crippen molar-refractivity contribution >= 4 is 5.78 Å². The molecule has 1 heterocycles. The summed E-state index contributed by atoms with van der Waals surface area (Å²) in [5.74, 6) is -0.567. The average molecular weight is 232 g/mol. The third-order valence-corrected chi connectivity index (χ3v) is 2.65. The Bertz CT molecular complexity index is 560. The smallest absolute Gasteiger partial charge is 0.196 e. The molecule has 1 aromatic heterocycles. The predicted molar refractivity (Wildman–Crippen MR) is 62.5 cm³/mol. The van der Waals surface area contributed by atoms with Crippen LogP contribution in [0, 0.1) is 12.7 Å². The molecule has 0 bridgehead atoms. The van der Waals surface area contributed by atoms with E-state index in [9.17, 15) is 9.18 Å². The van der Waals surface area contributed by atoms with Crippen LogP contribution in [0.25, 0.3) is 0 Å². The van der Waals surface area contributed by atoms with E-state index in [2.05, 4.69) is 5.10 Å². The first-order valence-electron chi connectivity index (χ1n) is 5.45. The molecule has 0 aliphatic rings. The van der Waals surface area contributed by atoms with E-state index >= 15 is 0 Å². The van der Waals surface area contributed by atoms with Gasteiger partial charge in [0, 0.05) is 18.3 Å². The lowest BCUT2D eigenvalue weighted by Crippen LogP contribution is -2.01. The number of benzene rings is 1. The molecule has 2 aromatic rings. The number of carbonyl (C=O) groups is 1. The van der Waals surface area contributed by atoms with E-state index in [0.717, 1.165) is 0 Å². The summed E-state index contributed by atoms with van der Waals surface area (Å²) in [5.41, 5.74) is 1.37. The van der Waals surface area contributed by atoms with Gasteiger partial charge in [-0.25, -0.2) is 4.39 Å². The maximum atomic E-state index is 13.4. The van der Waals surface area contributed by atoms with Crippen LogP contribution in [-0.2, 0) is 6.54 Å². The molecule has 0 amide bonds. The van der Waals surface area contributed by atoms with E-state index in [4.69, 9.17) is 0 Å². The van der Waals surface area contributed by atoms with Crippen LogP contribution < -0.4 is 0 Å². The second-order valence-corrected chi connectivity index (χ2v) is 3.88. The summed E-state index contributed by atoms with van der Waals surface area (Å²) in [4.78, 5) is 12.0. The van der Waals surface area contributed by atoms with Crippen molar-refractivity contribution in [3.05, 3.63) is 53.1 Å². The van der Waals surface area contributed by atoms with Crippen LogP contribution in [0.4, 0.5) is 4.39 Å². The second kappa shape index (κ2) is 4.49. The zero-order chi connectivity index (χ0) is 12.4. The van der Waals surface area contributed by atoms with E-state index in [0.29, 0.717) is 23.2 Å². The largest absolute Gasteiger partial charge is 0.288 e. The summed E-state index contributed by atoms with van der Waals surface area (Å²) in [6, 6.07) is 4.50. The Morgan fingerprint density at radius 3 is 2.76 bits per heavy atom. The first-order valence-corrected chi connectivity index (χ1v) is 5.45. The lowest BCUT2D eigenvalue weighted by atomic mass is 10.0. The van der Waals surface area contributed by atoms with E-state index in [1.165, 1.54) is 12.3 Å².